The van der Waals surface area contributed by atoms with Crippen LogP contribution in [0.1, 0.15) is 43.6 Å². The summed E-state index contributed by atoms with van der Waals surface area (Å²) in [5.41, 5.74) is 0.932. The summed E-state index contributed by atoms with van der Waals surface area (Å²) in [6.07, 6.45) is 4.09. The quantitative estimate of drug-likeness (QED) is 0.903. The van der Waals surface area contributed by atoms with Gasteiger partial charge >= 0.3 is 0 Å². The fourth-order valence-corrected chi connectivity index (χ4v) is 5.80. The fourth-order valence-electron chi connectivity index (χ4n) is 3.40. The van der Waals surface area contributed by atoms with Crippen LogP contribution in [0.3, 0.4) is 0 Å². The lowest BCUT2D eigenvalue weighted by Crippen LogP contribution is -2.53. The van der Waals surface area contributed by atoms with Gasteiger partial charge in [0.15, 0.2) is 9.84 Å². The molecule has 1 atom stereocenters. The van der Waals surface area contributed by atoms with Crippen LogP contribution in [0, 0.1) is 13.8 Å². The molecule has 3 rings (SSSR count). The van der Waals surface area contributed by atoms with Crippen LogP contribution in [0.5, 0.6) is 0 Å². The van der Waals surface area contributed by atoms with Gasteiger partial charge in [0.25, 0.3) is 0 Å². The Morgan fingerprint density at radius 3 is 2.65 bits per heavy atom. The van der Waals surface area contributed by atoms with Gasteiger partial charge in [0.1, 0.15) is 11.6 Å². The van der Waals surface area contributed by atoms with Gasteiger partial charge in [0, 0.05) is 17.8 Å². The van der Waals surface area contributed by atoms with Crippen molar-refractivity contribution in [2.45, 2.75) is 56.7 Å². The second kappa shape index (κ2) is 4.69. The summed E-state index contributed by atoms with van der Waals surface area (Å²) >= 11 is 0. The van der Waals surface area contributed by atoms with Gasteiger partial charge in [0.05, 0.1) is 10.5 Å². The minimum atomic E-state index is -2.90. The summed E-state index contributed by atoms with van der Waals surface area (Å²) in [7, 11) is -2.90. The van der Waals surface area contributed by atoms with Crippen molar-refractivity contribution in [2.75, 3.05) is 11.1 Å². The molecule has 1 aliphatic heterocycles. The number of nitrogens with one attached hydrogen (secondary N) is 1. The highest BCUT2D eigenvalue weighted by Gasteiger charge is 2.52. The van der Waals surface area contributed by atoms with Crippen LogP contribution in [-0.2, 0) is 9.84 Å². The van der Waals surface area contributed by atoms with E-state index in [0.717, 1.165) is 43.0 Å². The Labute approximate surface area is 120 Å². The van der Waals surface area contributed by atoms with Crippen molar-refractivity contribution >= 4 is 15.7 Å². The van der Waals surface area contributed by atoms with Crippen molar-refractivity contribution in [1.82, 2.24) is 9.97 Å². The largest absolute Gasteiger partial charge is 0.367 e. The van der Waals surface area contributed by atoms with Crippen LogP contribution in [0.15, 0.2) is 6.07 Å². The van der Waals surface area contributed by atoms with Crippen molar-refractivity contribution in [3.63, 3.8) is 0 Å². The predicted molar refractivity (Wildman–Crippen MR) is 78.5 cm³/mol. The third kappa shape index (κ3) is 2.30. The topological polar surface area (TPSA) is 72.0 Å². The zero-order chi connectivity index (χ0) is 14.4. The molecule has 6 heteroatoms. The predicted octanol–water partition coefficient (Wildman–Crippen LogP) is 2.01. The van der Waals surface area contributed by atoms with Crippen molar-refractivity contribution in [3.05, 3.63) is 17.6 Å². The molecule has 1 spiro atoms. The molecule has 110 valence electrons. The van der Waals surface area contributed by atoms with Gasteiger partial charge in [-0.25, -0.2) is 18.4 Å². The van der Waals surface area contributed by atoms with E-state index >= 15 is 0 Å². The number of hydrogen-bond acceptors (Lipinski definition) is 5. The zero-order valence-electron chi connectivity index (χ0n) is 12.0. The van der Waals surface area contributed by atoms with Gasteiger partial charge in [-0.1, -0.05) is 6.42 Å². The number of anilines is 1. The minimum Gasteiger partial charge on any atom is -0.367 e. The minimum absolute atomic E-state index is 0.201. The van der Waals surface area contributed by atoms with Crippen molar-refractivity contribution in [2.24, 2.45) is 0 Å². The van der Waals surface area contributed by atoms with E-state index in [1.165, 1.54) is 0 Å². The van der Waals surface area contributed by atoms with Crippen LogP contribution in [0.2, 0.25) is 0 Å². The lowest BCUT2D eigenvalue weighted by atomic mass is 9.79. The fraction of sp³-hybridized carbons (Fsp3) is 0.714. The maximum absolute atomic E-state index is 12.2. The third-order valence-electron chi connectivity index (χ3n) is 4.60. The molecule has 0 amide bonds. The van der Waals surface area contributed by atoms with Crippen LogP contribution >= 0.6 is 0 Å². The van der Waals surface area contributed by atoms with E-state index in [1.54, 1.807) is 0 Å². The third-order valence-corrected chi connectivity index (χ3v) is 7.26. The Morgan fingerprint density at radius 2 is 2.05 bits per heavy atom. The molecule has 20 heavy (non-hydrogen) atoms. The lowest BCUT2D eigenvalue weighted by Gasteiger charge is -2.46. The number of aryl methyl sites for hydroxylation is 2. The first kappa shape index (κ1) is 13.8. The molecule has 1 aromatic heterocycles. The summed E-state index contributed by atoms with van der Waals surface area (Å²) in [4.78, 5) is 8.64. The molecule has 0 radical (unpaired) electrons. The van der Waals surface area contributed by atoms with Gasteiger partial charge in [-0.2, -0.15) is 0 Å². The molecule has 1 saturated heterocycles. The normalized spacial score (nSPS) is 27.0. The molecule has 1 aliphatic carbocycles. The van der Waals surface area contributed by atoms with Crippen LogP contribution in [-0.4, -0.2) is 34.9 Å². The molecular formula is C14H21N3O2S. The number of rotatable bonds is 2. The van der Waals surface area contributed by atoms with Gasteiger partial charge in [-0.3, -0.25) is 0 Å². The Balaban J connectivity index is 1.76. The molecule has 0 bridgehead atoms. The molecule has 1 saturated carbocycles. The first-order valence-corrected chi connectivity index (χ1v) is 8.87. The highest BCUT2D eigenvalue weighted by Crippen LogP contribution is 2.46. The number of nitrogens with zero attached hydrogens (tertiary/aromatic N) is 2. The first-order valence-electron chi connectivity index (χ1n) is 7.21. The first-order chi connectivity index (χ1) is 9.40. The van der Waals surface area contributed by atoms with E-state index in [2.05, 4.69) is 15.3 Å². The average Bonchev–Trinajstić information content (AvgIpc) is 2.28. The molecule has 2 aliphatic rings. The van der Waals surface area contributed by atoms with E-state index in [9.17, 15) is 8.42 Å². The van der Waals surface area contributed by atoms with Crippen molar-refractivity contribution in [3.8, 4) is 0 Å². The molecule has 1 N–H and O–H groups in total. The van der Waals surface area contributed by atoms with Gasteiger partial charge in [-0.05, 0) is 39.5 Å². The van der Waals surface area contributed by atoms with E-state index in [0.29, 0.717) is 12.2 Å². The van der Waals surface area contributed by atoms with Gasteiger partial charge < -0.3 is 5.32 Å². The molecule has 2 heterocycles. The molecule has 1 aromatic rings. The van der Waals surface area contributed by atoms with E-state index in [1.807, 2.05) is 19.9 Å². The smallest absolute Gasteiger partial charge is 0.156 e. The number of sulfone groups is 1. The van der Waals surface area contributed by atoms with Crippen LogP contribution in [0.25, 0.3) is 0 Å². The number of hydrogen-bond donors (Lipinski definition) is 1. The second-order valence-corrected chi connectivity index (χ2v) is 8.64. The summed E-state index contributed by atoms with van der Waals surface area (Å²) < 4.78 is 24.0. The zero-order valence-corrected chi connectivity index (χ0v) is 12.8. The Morgan fingerprint density at radius 1 is 1.30 bits per heavy atom. The Kier molecular flexibility index (Phi) is 3.23. The second-order valence-electron chi connectivity index (χ2n) is 6.13. The summed E-state index contributed by atoms with van der Waals surface area (Å²) in [6, 6.07) is 2.12. The number of aromatic nitrogens is 2. The van der Waals surface area contributed by atoms with E-state index in [4.69, 9.17) is 0 Å². The van der Waals surface area contributed by atoms with E-state index in [-0.39, 0.29) is 6.04 Å². The standard InChI is InChI=1S/C14H21N3O2S/c1-10-8-13(16-11(2)15-10)17-12-4-7-20(18,19)14(9-12)5-3-6-14/h8,12H,3-7,9H2,1-2H3,(H,15,16,17). The van der Waals surface area contributed by atoms with Gasteiger partial charge in [0.2, 0.25) is 0 Å². The summed E-state index contributed by atoms with van der Waals surface area (Å²) in [6.45, 7) is 3.82. The van der Waals surface area contributed by atoms with Crippen molar-refractivity contribution in [1.29, 1.82) is 0 Å². The Hall–Kier alpha value is -1.17. The highest BCUT2D eigenvalue weighted by atomic mass is 32.2. The monoisotopic (exact) mass is 295 g/mol. The van der Waals surface area contributed by atoms with Crippen molar-refractivity contribution < 1.29 is 8.42 Å². The van der Waals surface area contributed by atoms with Crippen LogP contribution < -0.4 is 5.32 Å². The molecule has 5 nitrogen and oxygen atoms in total. The average molecular weight is 295 g/mol. The molecular weight excluding hydrogens is 274 g/mol. The highest BCUT2D eigenvalue weighted by molar-refractivity contribution is 7.92. The van der Waals surface area contributed by atoms with Crippen LogP contribution in [0.4, 0.5) is 5.82 Å². The molecule has 1 unspecified atom stereocenters. The Bertz CT molecular complexity index is 603. The summed E-state index contributed by atoms with van der Waals surface area (Å²) in [5, 5.41) is 3.41. The van der Waals surface area contributed by atoms with Gasteiger partial charge in [-0.15, -0.1) is 0 Å². The maximum Gasteiger partial charge on any atom is 0.156 e. The maximum atomic E-state index is 12.2. The molecule has 0 aromatic carbocycles. The molecule has 2 fully saturated rings. The lowest BCUT2D eigenvalue weighted by molar-refractivity contribution is 0.289. The summed E-state index contributed by atoms with van der Waals surface area (Å²) in [5.74, 6) is 1.86. The van der Waals surface area contributed by atoms with E-state index < -0.39 is 14.6 Å². The SMILES string of the molecule is Cc1cc(NC2CCS(=O)(=O)C3(CCC3)C2)nc(C)n1.